The molecule has 0 saturated carbocycles. The standard InChI is InChI=1S/C15H26O2/c1-11(2)6-5-9-15(4)12(3)7-8-13(15)14(17)10-16/h6-7,13-14,16-17H,5,8-10H2,1-4H3/t13-,14-,15+/m0/s1. The number of aliphatic hydroxyl groups excluding tert-OH is 2. The summed E-state index contributed by atoms with van der Waals surface area (Å²) in [4.78, 5) is 0. The highest BCUT2D eigenvalue weighted by Crippen LogP contribution is 2.48. The van der Waals surface area contributed by atoms with Crippen molar-refractivity contribution in [3.8, 4) is 0 Å². The molecule has 0 fully saturated rings. The summed E-state index contributed by atoms with van der Waals surface area (Å²) in [7, 11) is 0. The molecular formula is C15H26O2. The van der Waals surface area contributed by atoms with Crippen LogP contribution in [0.4, 0.5) is 0 Å². The summed E-state index contributed by atoms with van der Waals surface area (Å²) < 4.78 is 0. The van der Waals surface area contributed by atoms with E-state index in [0.717, 1.165) is 19.3 Å². The van der Waals surface area contributed by atoms with Gasteiger partial charge in [0.15, 0.2) is 0 Å². The molecule has 2 heteroatoms. The van der Waals surface area contributed by atoms with Gasteiger partial charge in [0.2, 0.25) is 0 Å². The normalized spacial score (nSPS) is 30.0. The molecule has 0 spiro atoms. The van der Waals surface area contributed by atoms with Crippen LogP contribution in [0.3, 0.4) is 0 Å². The second kappa shape index (κ2) is 5.83. The van der Waals surface area contributed by atoms with Gasteiger partial charge in [-0.25, -0.2) is 0 Å². The Morgan fingerprint density at radius 3 is 2.76 bits per heavy atom. The first kappa shape index (κ1) is 14.5. The summed E-state index contributed by atoms with van der Waals surface area (Å²) in [5, 5.41) is 19.1. The summed E-state index contributed by atoms with van der Waals surface area (Å²) >= 11 is 0. The molecule has 1 aliphatic carbocycles. The van der Waals surface area contributed by atoms with Crippen LogP contribution in [-0.4, -0.2) is 22.9 Å². The fourth-order valence-corrected chi connectivity index (χ4v) is 2.84. The van der Waals surface area contributed by atoms with Crippen molar-refractivity contribution in [2.24, 2.45) is 11.3 Å². The van der Waals surface area contributed by atoms with Gasteiger partial charge >= 0.3 is 0 Å². The average Bonchev–Trinajstić information content (AvgIpc) is 2.54. The monoisotopic (exact) mass is 238 g/mol. The third kappa shape index (κ3) is 3.20. The quantitative estimate of drug-likeness (QED) is 0.723. The molecule has 2 N–H and O–H groups in total. The molecule has 0 aromatic rings. The highest BCUT2D eigenvalue weighted by Gasteiger charge is 2.41. The topological polar surface area (TPSA) is 40.5 Å². The Labute approximate surface area is 105 Å². The van der Waals surface area contributed by atoms with Gasteiger partial charge in [-0.05, 0) is 51.4 Å². The molecule has 1 aliphatic rings. The zero-order valence-corrected chi connectivity index (χ0v) is 11.5. The minimum absolute atomic E-state index is 0.0358. The van der Waals surface area contributed by atoms with E-state index >= 15 is 0 Å². The first-order valence-corrected chi connectivity index (χ1v) is 6.51. The summed E-state index contributed by atoms with van der Waals surface area (Å²) in [5.41, 5.74) is 2.73. The zero-order valence-electron chi connectivity index (χ0n) is 11.5. The third-order valence-corrected chi connectivity index (χ3v) is 4.26. The molecule has 0 bridgehead atoms. The average molecular weight is 238 g/mol. The van der Waals surface area contributed by atoms with Gasteiger partial charge in [-0.2, -0.15) is 0 Å². The fraction of sp³-hybridized carbons (Fsp3) is 0.733. The van der Waals surface area contributed by atoms with Crippen LogP contribution >= 0.6 is 0 Å². The van der Waals surface area contributed by atoms with Crippen LogP contribution < -0.4 is 0 Å². The smallest absolute Gasteiger partial charge is 0.0810 e. The molecule has 2 nitrogen and oxygen atoms in total. The van der Waals surface area contributed by atoms with Crippen molar-refractivity contribution in [1.29, 1.82) is 0 Å². The largest absolute Gasteiger partial charge is 0.394 e. The van der Waals surface area contributed by atoms with E-state index in [1.54, 1.807) is 0 Å². The molecule has 98 valence electrons. The van der Waals surface area contributed by atoms with Gasteiger partial charge < -0.3 is 10.2 Å². The van der Waals surface area contributed by atoms with Crippen molar-refractivity contribution in [3.63, 3.8) is 0 Å². The molecule has 0 radical (unpaired) electrons. The molecule has 3 atom stereocenters. The highest BCUT2D eigenvalue weighted by atomic mass is 16.3. The van der Waals surface area contributed by atoms with Crippen molar-refractivity contribution in [2.75, 3.05) is 6.61 Å². The van der Waals surface area contributed by atoms with Crippen LogP contribution in [0.2, 0.25) is 0 Å². The lowest BCUT2D eigenvalue weighted by Crippen LogP contribution is -2.35. The second-order valence-electron chi connectivity index (χ2n) is 5.72. The predicted octanol–water partition coefficient (Wildman–Crippen LogP) is 3.06. The molecule has 0 aliphatic heterocycles. The Hall–Kier alpha value is -0.600. The lowest BCUT2D eigenvalue weighted by molar-refractivity contribution is 0.00772. The van der Waals surface area contributed by atoms with Crippen LogP contribution in [0.15, 0.2) is 23.3 Å². The Kier molecular flexibility index (Phi) is 4.96. The van der Waals surface area contributed by atoms with Crippen molar-refractivity contribution >= 4 is 0 Å². The van der Waals surface area contributed by atoms with E-state index in [0.29, 0.717) is 0 Å². The van der Waals surface area contributed by atoms with Crippen LogP contribution in [-0.2, 0) is 0 Å². The van der Waals surface area contributed by atoms with Crippen molar-refractivity contribution < 1.29 is 10.2 Å². The third-order valence-electron chi connectivity index (χ3n) is 4.26. The number of aliphatic hydroxyl groups is 2. The molecule has 0 aromatic heterocycles. The molecule has 0 saturated heterocycles. The van der Waals surface area contributed by atoms with E-state index < -0.39 is 6.10 Å². The van der Waals surface area contributed by atoms with E-state index in [9.17, 15) is 5.11 Å². The maximum atomic E-state index is 9.92. The van der Waals surface area contributed by atoms with E-state index in [-0.39, 0.29) is 17.9 Å². The molecule has 0 heterocycles. The Balaban J connectivity index is 2.74. The number of hydrogen-bond acceptors (Lipinski definition) is 2. The van der Waals surface area contributed by atoms with E-state index in [1.165, 1.54) is 11.1 Å². The summed E-state index contributed by atoms with van der Waals surface area (Å²) in [6.07, 6.45) is 6.84. The molecule has 0 aromatic carbocycles. The van der Waals surface area contributed by atoms with Crippen molar-refractivity contribution in [2.45, 2.75) is 53.1 Å². The maximum absolute atomic E-state index is 9.92. The Morgan fingerprint density at radius 1 is 1.59 bits per heavy atom. The minimum atomic E-state index is -0.597. The Morgan fingerprint density at radius 2 is 2.24 bits per heavy atom. The van der Waals surface area contributed by atoms with Gasteiger partial charge in [0.25, 0.3) is 0 Å². The molecule has 1 rings (SSSR count). The van der Waals surface area contributed by atoms with Crippen LogP contribution in [0, 0.1) is 11.3 Å². The molecule has 0 amide bonds. The van der Waals surface area contributed by atoms with Gasteiger partial charge in [0.1, 0.15) is 0 Å². The number of rotatable bonds is 5. The van der Waals surface area contributed by atoms with Crippen molar-refractivity contribution in [1.82, 2.24) is 0 Å². The maximum Gasteiger partial charge on any atom is 0.0810 e. The first-order chi connectivity index (χ1) is 7.91. The summed E-state index contributed by atoms with van der Waals surface area (Å²) in [6.45, 7) is 8.45. The predicted molar refractivity (Wildman–Crippen MR) is 71.7 cm³/mol. The van der Waals surface area contributed by atoms with E-state index in [1.807, 2.05) is 0 Å². The number of allylic oxidation sites excluding steroid dienone is 4. The lowest BCUT2D eigenvalue weighted by Gasteiger charge is -2.36. The fourth-order valence-electron chi connectivity index (χ4n) is 2.84. The van der Waals surface area contributed by atoms with Crippen molar-refractivity contribution in [3.05, 3.63) is 23.3 Å². The van der Waals surface area contributed by atoms with Gasteiger partial charge in [0.05, 0.1) is 12.7 Å². The van der Waals surface area contributed by atoms with Gasteiger partial charge in [-0.3, -0.25) is 0 Å². The minimum Gasteiger partial charge on any atom is -0.394 e. The van der Waals surface area contributed by atoms with E-state index in [2.05, 4.69) is 39.8 Å². The van der Waals surface area contributed by atoms with Gasteiger partial charge in [0, 0.05) is 0 Å². The highest BCUT2D eigenvalue weighted by molar-refractivity contribution is 5.21. The number of hydrogen-bond donors (Lipinski definition) is 2. The van der Waals surface area contributed by atoms with Gasteiger partial charge in [-0.1, -0.05) is 30.2 Å². The van der Waals surface area contributed by atoms with E-state index in [4.69, 9.17) is 5.11 Å². The van der Waals surface area contributed by atoms with Crippen LogP contribution in [0.25, 0.3) is 0 Å². The second-order valence-corrected chi connectivity index (χ2v) is 5.72. The lowest BCUT2D eigenvalue weighted by atomic mass is 9.70. The summed E-state index contributed by atoms with van der Waals surface area (Å²) in [6, 6.07) is 0. The van der Waals surface area contributed by atoms with Gasteiger partial charge in [-0.15, -0.1) is 0 Å². The Bertz CT molecular complexity index is 313. The molecule has 17 heavy (non-hydrogen) atoms. The zero-order chi connectivity index (χ0) is 13.1. The van der Waals surface area contributed by atoms with Crippen LogP contribution in [0.5, 0.6) is 0 Å². The van der Waals surface area contributed by atoms with Crippen LogP contribution in [0.1, 0.15) is 47.0 Å². The summed E-state index contributed by atoms with van der Waals surface area (Å²) in [5.74, 6) is 0.165. The molecular weight excluding hydrogens is 212 g/mol. The molecule has 0 unspecified atom stereocenters. The first-order valence-electron chi connectivity index (χ1n) is 6.51. The SMILES string of the molecule is CC(C)=CCC[C@]1(C)C(C)=CC[C@H]1[C@@H](O)CO.